The molecule has 0 aliphatic heterocycles. The van der Waals surface area contributed by atoms with Gasteiger partial charge in [0.15, 0.2) is 0 Å². The number of amides is 1. The smallest absolute Gasteiger partial charge is 0.254 e. The lowest BCUT2D eigenvalue weighted by atomic mass is 10.1. The number of imidazole rings is 1. The van der Waals surface area contributed by atoms with Crippen molar-refractivity contribution in [3.05, 3.63) is 47.5 Å². The van der Waals surface area contributed by atoms with Crippen LogP contribution in [-0.4, -0.2) is 60.0 Å². The van der Waals surface area contributed by atoms with E-state index < -0.39 is 0 Å². The Kier molecular flexibility index (Phi) is 5.76. The molecule has 0 bridgehead atoms. The number of benzene rings is 1. The predicted octanol–water partition coefficient (Wildman–Crippen LogP) is 1.93. The summed E-state index contributed by atoms with van der Waals surface area (Å²) in [5.74, 6) is 0.725. The SMILES string of the molecule is COc1cccc(C(=O)N(CCN(C)C)Cc2cnc[nH]2)c1C. The van der Waals surface area contributed by atoms with Gasteiger partial charge in [-0.15, -0.1) is 0 Å². The fraction of sp³-hybridized carbons (Fsp3) is 0.412. The largest absolute Gasteiger partial charge is 0.496 e. The molecule has 2 rings (SSSR count). The van der Waals surface area contributed by atoms with Crippen molar-refractivity contribution in [2.75, 3.05) is 34.3 Å². The highest BCUT2D eigenvalue weighted by molar-refractivity contribution is 5.96. The Labute approximate surface area is 137 Å². The summed E-state index contributed by atoms with van der Waals surface area (Å²) in [6.45, 7) is 3.85. The van der Waals surface area contributed by atoms with Gasteiger partial charge in [-0.1, -0.05) is 6.07 Å². The average Bonchev–Trinajstić information content (AvgIpc) is 3.04. The number of aromatic nitrogens is 2. The van der Waals surface area contributed by atoms with Gasteiger partial charge in [0.25, 0.3) is 5.91 Å². The van der Waals surface area contributed by atoms with Crippen LogP contribution in [0.5, 0.6) is 5.75 Å². The van der Waals surface area contributed by atoms with Crippen LogP contribution in [0.3, 0.4) is 0 Å². The van der Waals surface area contributed by atoms with E-state index in [2.05, 4.69) is 14.9 Å². The number of hydrogen-bond donors (Lipinski definition) is 1. The molecular formula is C17H24N4O2. The van der Waals surface area contributed by atoms with Gasteiger partial charge >= 0.3 is 0 Å². The molecule has 0 radical (unpaired) electrons. The van der Waals surface area contributed by atoms with Crippen LogP contribution in [-0.2, 0) is 6.54 Å². The quantitative estimate of drug-likeness (QED) is 0.848. The van der Waals surface area contributed by atoms with E-state index in [1.54, 1.807) is 19.6 Å². The van der Waals surface area contributed by atoms with Gasteiger partial charge in [-0.2, -0.15) is 0 Å². The van der Waals surface area contributed by atoms with E-state index in [0.29, 0.717) is 18.7 Å². The first-order valence-corrected chi connectivity index (χ1v) is 7.57. The minimum atomic E-state index is -0.00199. The normalized spacial score (nSPS) is 10.8. The Morgan fingerprint density at radius 3 is 2.70 bits per heavy atom. The third-order valence-electron chi connectivity index (χ3n) is 3.75. The van der Waals surface area contributed by atoms with Crippen molar-refractivity contribution in [1.82, 2.24) is 19.8 Å². The second kappa shape index (κ2) is 7.78. The van der Waals surface area contributed by atoms with Gasteiger partial charge in [-0.05, 0) is 33.2 Å². The summed E-state index contributed by atoms with van der Waals surface area (Å²) in [6.07, 6.45) is 3.37. The van der Waals surface area contributed by atoms with Crippen LogP contribution in [0.1, 0.15) is 21.6 Å². The number of nitrogens with one attached hydrogen (secondary N) is 1. The van der Waals surface area contributed by atoms with Gasteiger partial charge in [0.2, 0.25) is 0 Å². The zero-order valence-corrected chi connectivity index (χ0v) is 14.2. The van der Waals surface area contributed by atoms with Crippen molar-refractivity contribution < 1.29 is 9.53 Å². The van der Waals surface area contributed by atoms with Crippen molar-refractivity contribution in [3.63, 3.8) is 0 Å². The molecule has 6 nitrogen and oxygen atoms in total. The van der Waals surface area contributed by atoms with Crippen LogP contribution in [0.15, 0.2) is 30.7 Å². The topological polar surface area (TPSA) is 61.5 Å². The standard InChI is InChI=1S/C17H24N4O2/c1-13-15(6-5-7-16(13)23-4)17(22)21(9-8-20(2)3)11-14-10-18-12-19-14/h5-7,10,12H,8-9,11H2,1-4H3,(H,18,19). The van der Waals surface area contributed by atoms with Gasteiger partial charge in [-0.3, -0.25) is 4.79 Å². The lowest BCUT2D eigenvalue weighted by Gasteiger charge is -2.25. The van der Waals surface area contributed by atoms with Gasteiger partial charge in [0.1, 0.15) is 5.75 Å². The number of ether oxygens (including phenoxy) is 1. The molecule has 23 heavy (non-hydrogen) atoms. The van der Waals surface area contributed by atoms with E-state index in [1.165, 1.54) is 0 Å². The van der Waals surface area contributed by atoms with Crippen molar-refractivity contribution in [3.8, 4) is 5.75 Å². The molecule has 1 N–H and O–H groups in total. The summed E-state index contributed by atoms with van der Waals surface area (Å²) >= 11 is 0. The summed E-state index contributed by atoms with van der Waals surface area (Å²) in [7, 11) is 5.61. The summed E-state index contributed by atoms with van der Waals surface area (Å²) in [4.78, 5) is 24.0. The lowest BCUT2D eigenvalue weighted by Crippen LogP contribution is -2.36. The molecule has 124 valence electrons. The number of likely N-dealkylation sites (N-methyl/N-ethyl adjacent to an activating group) is 1. The first-order chi connectivity index (χ1) is 11.0. The maximum atomic E-state index is 13.0. The Balaban J connectivity index is 2.24. The minimum absolute atomic E-state index is 0.00199. The maximum Gasteiger partial charge on any atom is 0.254 e. The van der Waals surface area contributed by atoms with Crippen LogP contribution in [0.2, 0.25) is 0 Å². The van der Waals surface area contributed by atoms with Crippen molar-refractivity contribution in [1.29, 1.82) is 0 Å². The third kappa shape index (κ3) is 4.32. The minimum Gasteiger partial charge on any atom is -0.496 e. The molecule has 6 heteroatoms. The molecule has 0 saturated heterocycles. The average molecular weight is 316 g/mol. The Morgan fingerprint density at radius 1 is 1.30 bits per heavy atom. The van der Waals surface area contributed by atoms with Crippen LogP contribution in [0, 0.1) is 6.92 Å². The second-order valence-electron chi connectivity index (χ2n) is 5.74. The molecule has 0 saturated carbocycles. The first-order valence-electron chi connectivity index (χ1n) is 7.57. The summed E-state index contributed by atoms with van der Waals surface area (Å²) in [5.41, 5.74) is 2.44. The van der Waals surface area contributed by atoms with E-state index in [1.807, 2.05) is 44.1 Å². The number of carbonyl (C=O) groups is 1. The Morgan fingerprint density at radius 2 is 2.09 bits per heavy atom. The molecule has 1 amide bonds. The number of rotatable bonds is 7. The number of H-pyrrole nitrogens is 1. The Bertz CT molecular complexity index is 638. The van der Waals surface area contributed by atoms with Crippen molar-refractivity contribution in [2.24, 2.45) is 0 Å². The van der Waals surface area contributed by atoms with E-state index in [9.17, 15) is 4.79 Å². The molecule has 0 aliphatic carbocycles. The summed E-state index contributed by atoms with van der Waals surface area (Å²) in [6, 6.07) is 5.56. The number of methoxy groups -OCH3 is 1. The zero-order chi connectivity index (χ0) is 16.8. The van der Waals surface area contributed by atoms with Gasteiger partial charge in [0, 0.05) is 30.4 Å². The molecule has 1 aromatic heterocycles. The highest BCUT2D eigenvalue weighted by Crippen LogP contribution is 2.22. The molecule has 0 unspecified atom stereocenters. The third-order valence-corrected chi connectivity index (χ3v) is 3.75. The van der Waals surface area contributed by atoms with Crippen molar-refractivity contribution >= 4 is 5.91 Å². The highest BCUT2D eigenvalue weighted by Gasteiger charge is 2.20. The van der Waals surface area contributed by atoms with Crippen LogP contribution >= 0.6 is 0 Å². The first kappa shape index (κ1) is 17.0. The fourth-order valence-electron chi connectivity index (χ4n) is 2.39. The van der Waals surface area contributed by atoms with Gasteiger partial charge in [0.05, 0.1) is 25.7 Å². The van der Waals surface area contributed by atoms with E-state index in [0.717, 1.165) is 23.6 Å². The highest BCUT2D eigenvalue weighted by atomic mass is 16.5. The number of nitrogens with zero attached hydrogens (tertiary/aromatic N) is 3. The van der Waals surface area contributed by atoms with Crippen LogP contribution < -0.4 is 4.74 Å². The van der Waals surface area contributed by atoms with Gasteiger partial charge in [-0.25, -0.2) is 4.98 Å². The second-order valence-corrected chi connectivity index (χ2v) is 5.74. The molecule has 0 fully saturated rings. The monoisotopic (exact) mass is 316 g/mol. The molecule has 2 aromatic rings. The van der Waals surface area contributed by atoms with Crippen LogP contribution in [0.25, 0.3) is 0 Å². The lowest BCUT2D eigenvalue weighted by molar-refractivity contribution is 0.0729. The molecule has 1 aromatic carbocycles. The number of hydrogen-bond acceptors (Lipinski definition) is 4. The van der Waals surface area contributed by atoms with E-state index >= 15 is 0 Å². The molecule has 0 aliphatic rings. The number of aromatic amines is 1. The zero-order valence-electron chi connectivity index (χ0n) is 14.2. The fourth-order valence-corrected chi connectivity index (χ4v) is 2.39. The molecule has 0 atom stereocenters. The van der Waals surface area contributed by atoms with Gasteiger partial charge < -0.3 is 19.5 Å². The predicted molar refractivity (Wildman–Crippen MR) is 89.6 cm³/mol. The molecular weight excluding hydrogens is 292 g/mol. The summed E-state index contributed by atoms with van der Waals surface area (Å²) < 4.78 is 5.32. The number of carbonyl (C=O) groups excluding carboxylic acids is 1. The molecule has 0 spiro atoms. The van der Waals surface area contributed by atoms with Crippen molar-refractivity contribution in [2.45, 2.75) is 13.5 Å². The van der Waals surface area contributed by atoms with E-state index in [4.69, 9.17) is 4.74 Å². The Hall–Kier alpha value is -2.34. The maximum absolute atomic E-state index is 13.0. The molecule has 1 heterocycles. The van der Waals surface area contributed by atoms with E-state index in [-0.39, 0.29) is 5.91 Å². The van der Waals surface area contributed by atoms with Crippen LogP contribution in [0.4, 0.5) is 0 Å². The summed E-state index contributed by atoms with van der Waals surface area (Å²) in [5, 5.41) is 0.